The van der Waals surface area contributed by atoms with Crippen molar-refractivity contribution in [3.63, 3.8) is 0 Å². The van der Waals surface area contributed by atoms with Crippen molar-refractivity contribution >= 4 is 16.0 Å². The number of carbonyl (C=O) groups is 1. The molecular formula is C16H22N2O4S. The van der Waals surface area contributed by atoms with Gasteiger partial charge in [-0.1, -0.05) is 0 Å². The fourth-order valence-corrected chi connectivity index (χ4v) is 5.33. The van der Waals surface area contributed by atoms with Crippen molar-refractivity contribution in [1.82, 2.24) is 9.21 Å². The number of aromatic carboxylic acids is 1. The second-order valence-electron chi connectivity index (χ2n) is 6.42. The fraction of sp³-hybridized carbons (Fsp3) is 0.562. The monoisotopic (exact) mass is 338 g/mol. The highest BCUT2D eigenvalue weighted by Gasteiger charge is 2.37. The lowest BCUT2D eigenvalue weighted by Gasteiger charge is -2.37. The number of piperazine rings is 1. The third kappa shape index (κ3) is 2.88. The molecule has 23 heavy (non-hydrogen) atoms. The average Bonchev–Trinajstić information content (AvgIpc) is 2.96. The molecule has 7 heteroatoms. The van der Waals surface area contributed by atoms with E-state index in [-0.39, 0.29) is 10.5 Å². The average molecular weight is 338 g/mol. The molecule has 126 valence electrons. The quantitative estimate of drug-likeness (QED) is 0.903. The number of carboxylic acids is 1. The van der Waals surface area contributed by atoms with Gasteiger partial charge in [0.15, 0.2) is 0 Å². The van der Waals surface area contributed by atoms with Gasteiger partial charge in [-0.3, -0.25) is 4.90 Å². The van der Waals surface area contributed by atoms with Crippen LogP contribution < -0.4 is 0 Å². The predicted molar refractivity (Wildman–Crippen MR) is 86.2 cm³/mol. The molecule has 0 aliphatic carbocycles. The minimum atomic E-state index is -3.67. The number of carboxylic acid groups (broad SMARTS) is 1. The van der Waals surface area contributed by atoms with Crippen LogP contribution in [-0.4, -0.2) is 60.9 Å². The number of aryl methyl sites for hydroxylation is 1. The van der Waals surface area contributed by atoms with Gasteiger partial charge in [0, 0.05) is 25.7 Å². The molecule has 2 aliphatic heterocycles. The number of rotatable bonds is 3. The molecule has 1 aromatic carbocycles. The van der Waals surface area contributed by atoms with Gasteiger partial charge in [-0.05, 0) is 56.5 Å². The van der Waals surface area contributed by atoms with E-state index in [2.05, 4.69) is 4.90 Å². The topological polar surface area (TPSA) is 77.9 Å². The standard InChI is InChI=1S/C16H22N2O4S/c1-11-8-13(16(19)20)9-15(12(11)2)23(21,22)18-7-6-17-5-3-4-14(17)10-18/h8-9,14H,3-7,10H2,1-2H3,(H,19,20). The highest BCUT2D eigenvalue weighted by atomic mass is 32.2. The number of fused-ring (bicyclic) bond motifs is 1. The highest BCUT2D eigenvalue weighted by Crippen LogP contribution is 2.29. The molecule has 1 N–H and O–H groups in total. The van der Waals surface area contributed by atoms with Crippen LogP contribution >= 0.6 is 0 Å². The number of benzene rings is 1. The molecule has 0 aromatic heterocycles. The Kier molecular flexibility index (Phi) is 4.20. The molecular weight excluding hydrogens is 316 g/mol. The Morgan fingerprint density at radius 2 is 1.96 bits per heavy atom. The molecule has 0 radical (unpaired) electrons. The first kappa shape index (κ1) is 16.4. The second-order valence-corrected chi connectivity index (χ2v) is 8.32. The third-order valence-electron chi connectivity index (χ3n) is 5.03. The zero-order valence-corrected chi connectivity index (χ0v) is 14.3. The number of nitrogens with zero attached hydrogens (tertiary/aromatic N) is 2. The molecule has 2 fully saturated rings. The molecule has 1 aromatic rings. The van der Waals surface area contributed by atoms with Crippen LogP contribution in [0.2, 0.25) is 0 Å². The minimum absolute atomic E-state index is 0.0196. The Bertz CT molecular complexity index is 745. The van der Waals surface area contributed by atoms with Gasteiger partial charge >= 0.3 is 5.97 Å². The fourth-order valence-electron chi connectivity index (χ4n) is 3.54. The van der Waals surface area contributed by atoms with E-state index in [9.17, 15) is 18.3 Å². The van der Waals surface area contributed by atoms with Gasteiger partial charge in [0.05, 0.1) is 10.5 Å². The molecule has 1 unspecified atom stereocenters. The number of sulfonamides is 1. The van der Waals surface area contributed by atoms with Crippen LogP contribution in [0.25, 0.3) is 0 Å². The first-order chi connectivity index (χ1) is 10.8. The van der Waals surface area contributed by atoms with Crippen molar-refractivity contribution in [3.05, 3.63) is 28.8 Å². The van der Waals surface area contributed by atoms with E-state index in [4.69, 9.17) is 0 Å². The van der Waals surface area contributed by atoms with Crippen molar-refractivity contribution in [2.45, 2.75) is 37.6 Å². The molecule has 0 spiro atoms. The number of hydrogen-bond donors (Lipinski definition) is 1. The van der Waals surface area contributed by atoms with Gasteiger partial charge in [-0.25, -0.2) is 13.2 Å². The molecule has 2 heterocycles. The van der Waals surface area contributed by atoms with E-state index < -0.39 is 16.0 Å². The SMILES string of the molecule is Cc1cc(C(=O)O)cc(S(=O)(=O)N2CCN3CCCC3C2)c1C. The Morgan fingerprint density at radius 1 is 1.22 bits per heavy atom. The third-order valence-corrected chi connectivity index (χ3v) is 7.03. The maximum absolute atomic E-state index is 13.0. The summed E-state index contributed by atoms with van der Waals surface area (Å²) in [5.74, 6) is -1.11. The summed E-state index contributed by atoms with van der Waals surface area (Å²) in [4.78, 5) is 13.7. The van der Waals surface area contributed by atoms with Crippen LogP contribution in [0.4, 0.5) is 0 Å². The molecule has 2 saturated heterocycles. The van der Waals surface area contributed by atoms with Gasteiger partial charge in [0.1, 0.15) is 0 Å². The van der Waals surface area contributed by atoms with Crippen molar-refractivity contribution in [2.24, 2.45) is 0 Å². The maximum Gasteiger partial charge on any atom is 0.335 e. The summed E-state index contributed by atoms with van der Waals surface area (Å²) < 4.78 is 27.6. The van der Waals surface area contributed by atoms with Crippen LogP contribution in [-0.2, 0) is 10.0 Å². The van der Waals surface area contributed by atoms with Crippen molar-refractivity contribution in [3.8, 4) is 0 Å². The zero-order valence-electron chi connectivity index (χ0n) is 13.4. The van der Waals surface area contributed by atoms with Gasteiger partial charge < -0.3 is 5.11 Å². The van der Waals surface area contributed by atoms with Crippen molar-refractivity contribution in [2.75, 3.05) is 26.2 Å². The molecule has 6 nitrogen and oxygen atoms in total. The Labute approximate surface area is 136 Å². The summed E-state index contributed by atoms with van der Waals surface area (Å²) in [6, 6.07) is 3.11. The predicted octanol–water partition coefficient (Wildman–Crippen LogP) is 1.47. The van der Waals surface area contributed by atoms with E-state index >= 15 is 0 Å². The molecule has 3 rings (SSSR count). The zero-order chi connectivity index (χ0) is 16.8. The number of hydrogen-bond acceptors (Lipinski definition) is 4. The lowest BCUT2D eigenvalue weighted by Crippen LogP contribution is -2.52. The largest absolute Gasteiger partial charge is 0.478 e. The summed E-state index contributed by atoms with van der Waals surface area (Å²) in [6.07, 6.45) is 2.14. The summed E-state index contributed by atoms with van der Waals surface area (Å²) in [5, 5.41) is 9.21. The van der Waals surface area contributed by atoms with Crippen LogP contribution in [0.5, 0.6) is 0 Å². The molecule has 0 amide bonds. The van der Waals surface area contributed by atoms with Crippen LogP contribution in [0.1, 0.15) is 34.3 Å². The van der Waals surface area contributed by atoms with E-state index in [0.717, 1.165) is 25.9 Å². The van der Waals surface area contributed by atoms with Crippen LogP contribution in [0.15, 0.2) is 17.0 Å². The minimum Gasteiger partial charge on any atom is -0.478 e. The van der Waals surface area contributed by atoms with E-state index in [0.29, 0.717) is 30.3 Å². The first-order valence-electron chi connectivity index (χ1n) is 7.89. The Hall–Kier alpha value is -1.44. The van der Waals surface area contributed by atoms with Gasteiger partial charge in [0.25, 0.3) is 0 Å². The summed E-state index contributed by atoms with van der Waals surface area (Å²) in [6.45, 7) is 6.24. The summed E-state index contributed by atoms with van der Waals surface area (Å²) in [5.41, 5.74) is 1.33. The van der Waals surface area contributed by atoms with E-state index in [1.54, 1.807) is 13.8 Å². The maximum atomic E-state index is 13.0. The normalized spacial score (nSPS) is 23.0. The molecule has 1 atom stereocenters. The van der Waals surface area contributed by atoms with Crippen molar-refractivity contribution < 1.29 is 18.3 Å². The van der Waals surface area contributed by atoms with E-state index in [1.165, 1.54) is 16.4 Å². The first-order valence-corrected chi connectivity index (χ1v) is 9.33. The summed E-state index contributed by atoms with van der Waals surface area (Å²) >= 11 is 0. The Morgan fingerprint density at radius 3 is 2.65 bits per heavy atom. The van der Waals surface area contributed by atoms with Gasteiger partial charge in [0.2, 0.25) is 10.0 Å². The van der Waals surface area contributed by atoms with Gasteiger partial charge in [-0.2, -0.15) is 4.31 Å². The highest BCUT2D eigenvalue weighted by molar-refractivity contribution is 7.89. The lowest BCUT2D eigenvalue weighted by atomic mass is 10.1. The smallest absolute Gasteiger partial charge is 0.335 e. The molecule has 2 aliphatic rings. The van der Waals surface area contributed by atoms with Crippen LogP contribution in [0, 0.1) is 13.8 Å². The summed E-state index contributed by atoms with van der Waals surface area (Å²) in [7, 11) is -3.67. The van der Waals surface area contributed by atoms with Crippen LogP contribution in [0.3, 0.4) is 0 Å². The molecule has 0 saturated carbocycles. The van der Waals surface area contributed by atoms with E-state index in [1.807, 2.05) is 0 Å². The lowest BCUT2D eigenvalue weighted by molar-refractivity contribution is 0.0696. The Balaban J connectivity index is 1.98. The molecule has 0 bridgehead atoms. The van der Waals surface area contributed by atoms with Crippen molar-refractivity contribution in [1.29, 1.82) is 0 Å². The van der Waals surface area contributed by atoms with Gasteiger partial charge in [-0.15, -0.1) is 0 Å². The second kappa shape index (κ2) is 5.89.